The predicted molar refractivity (Wildman–Crippen MR) is 142 cm³/mol. The molecule has 200 valence electrons. The van der Waals surface area contributed by atoms with E-state index in [0.717, 1.165) is 11.8 Å². The third kappa shape index (κ3) is 8.68. The molecule has 0 bridgehead atoms. The van der Waals surface area contributed by atoms with Gasteiger partial charge < -0.3 is 26.0 Å². The topological polar surface area (TPSA) is 171 Å². The average molecular weight is 551 g/mol. The molecule has 37 heavy (non-hydrogen) atoms. The fourth-order valence-electron chi connectivity index (χ4n) is 3.16. The number of thioether (sulfide) groups is 1. The summed E-state index contributed by atoms with van der Waals surface area (Å²) in [7, 11) is 1.42. The van der Waals surface area contributed by atoms with Gasteiger partial charge in [-0.15, -0.1) is 0 Å². The minimum absolute atomic E-state index is 0.0417. The molecule has 12 nitrogen and oxygen atoms in total. The number of aromatic nitrogens is 2. The van der Waals surface area contributed by atoms with Gasteiger partial charge in [-0.3, -0.25) is 29.0 Å². The van der Waals surface area contributed by atoms with E-state index in [0.29, 0.717) is 23.3 Å². The van der Waals surface area contributed by atoms with Crippen LogP contribution in [0.1, 0.15) is 24.3 Å². The van der Waals surface area contributed by atoms with Crippen LogP contribution in [-0.2, 0) is 19.2 Å². The molecule has 4 N–H and O–H groups in total. The molecule has 1 aromatic heterocycles. The van der Waals surface area contributed by atoms with Crippen molar-refractivity contribution in [2.75, 3.05) is 31.7 Å². The van der Waals surface area contributed by atoms with Crippen molar-refractivity contribution in [1.82, 2.24) is 30.8 Å². The largest absolute Gasteiger partial charge is 0.394 e. The Balaban J connectivity index is 1.96. The van der Waals surface area contributed by atoms with Gasteiger partial charge >= 0.3 is 0 Å². The quantitative estimate of drug-likeness (QED) is 0.171. The number of likely N-dealkylation sites (N-methyl/N-ethyl adjacent to an activating group) is 1. The summed E-state index contributed by atoms with van der Waals surface area (Å²) in [6, 6.07) is 3.66. The fourth-order valence-corrected chi connectivity index (χ4v) is 4.53. The van der Waals surface area contributed by atoms with E-state index in [4.69, 9.17) is 0 Å². The third-order valence-electron chi connectivity index (χ3n) is 5.20. The summed E-state index contributed by atoms with van der Waals surface area (Å²) in [6.07, 6.45) is 1.26. The molecule has 0 fully saturated rings. The van der Waals surface area contributed by atoms with Crippen LogP contribution >= 0.6 is 24.4 Å². The van der Waals surface area contributed by atoms with Crippen molar-refractivity contribution in [2.45, 2.75) is 32.0 Å². The first kappa shape index (κ1) is 30.0. The maximum absolute atomic E-state index is 12.9. The van der Waals surface area contributed by atoms with E-state index in [9.17, 15) is 29.1 Å². The SMILES string of the molecule is CC(=O)NCCSC(=O)[C@H](CS)N(C)C(=O)[C@H](C)NC(=O)[C@@H](CO)NC(=O)c1cnc2ccccc2n1. The second-order valence-corrected chi connectivity index (χ2v) is 9.45. The Kier molecular flexibility index (Phi) is 11.8. The lowest BCUT2D eigenvalue weighted by atomic mass is 10.2. The Hall–Kier alpha value is -3.23. The minimum Gasteiger partial charge on any atom is -0.394 e. The van der Waals surface area contributed by atoms with E-state index >= 15 is 0 Å². The number of thiol groups is 1. The molecule has 0 unspecified atom stereocenters. The van der Waals surface area contributed by atoms with Crippen molar-refractivity contribution in [3.8, 4) is 0 Å². The summed E-state index contributed by atoms with van der Waals surface area (Å²) < 4.78 is 0. The maximum atomic E-state index is 12.9. The van der Waals surface area contributed by atoms with E-state index in [-0.39, 0.29) is 22.5 Å². The minimum atomic E-state index is -1.35. The number of para-hydroxylation sites is 2. The van der Waals surface area contributed by atoms with Crippen LogP contribution in [0.25, 0.3) is 11.0 Å². The van der Waals surface area contributed by atoms with Gasteiger partial charge in [0.2, 0.25) is 22.8 Å². The van der Waals surface area contributed by atoms with E-state index in [1.54, 1.807) is 24.3 Å². The van der Waals surface area contributed by atoms with Gasteiger partial charge in [0.15, 0.2) is 0 Å². The lowest BCUT2D eigenvalue weighted by molar-refractivity contribution is -0.138. The highest BCUT2D eigenvalue weighted by Gasteiger charge is 2.31. The van der Waals surface area contributed by atoms with Crippen LogP contribution in [0, 0.1) is 0 Å². The van der Waals surface area contributed by atoms with Gasteiger partial charge in [0.05, 0.1) is 23.8 Å². The molecule has 1 heterocycles. The highest BCUT2D eigenvalue weighted by molar-refractivity contribution is 8.13. The van der Waals surface area contributed by atoms with Crippen molar-refractivity contribution >= 4 is 64.2 Å². The standard InChI is InChI=1S/C23H30N6O6S2/c1-13(22(34)29(3)19(12-36)23(35)37-9-8-24-14(2)31)26-21(33)18(11-30)28-20(32)17-10-25-15-6-4-5-7-16(15)27-17/h4-7,10,13,18-19,30,36H,8-9,11-12H2,1-3H3,(H,24,31)(H,26,33)(H,28,32)/t13-,18+,19-/m0/s1. The van der Waals surface area contributed by atoms with E-state index in [2.05, 4.69) is 38.5 Å². The van der Waals surface area contributed by atoms with Gasteiger partial charge in [0.25, 0.3) is 5.91 Å². The van der Waals surface area contributed by atoms with Crippen LogP contribution in [0.2, 0.25) is 0 Å². The van der Waals surface area contributed by atoms with Gasteiger partial charge in [-0.05, 0) is 19.1 Å². The fraction of sp³-hybridized carbons (Fsp3) is 0.435. The highest BCUT2D eigenvalue weighted by Crippen LogP contribution is 2.13. The molecule has 0 radical (unpaired) electrons. The van der Waals surface area contributed by atoms with Gasteiger partial charge in [0, 0.05) is 32.0 Å². The molecule has 3 atom stereocenters. The zero-order valence-corrected chi connectivity index (χ0v) is 22.3. The Morgan fingerprint density at radius 1 is 1.14 bits per heavy atom. The maximum Gasteiger partial charge on any atom is 0.272 e. The first-order chi connectivity index (χ1) is 17.6. The van der Waals surface area contributed by atoms with Crippen LogP contribution < -0.4 is 16.0 Å². The van der Waals surface area contributed by atoms with Crippen LogP contribution in [0.3, 0.4) is 0 Å². The molecule has 0 spiro atoms. The molecule has 2 rings (SSSR count). The number of hydrogen-bond donors (Lipinski definition) is 5. The van der Waals surface area contributed by atoms with E-state index < -0.39 is 42.5 Å². The molecule has 1 aromatic carbocycles. The first-order valence-corrected chi connectivity index (χ1v) is 12.9. The number of carbonyl (C=O) groups is 5. The van der Waals surface area contributed by atoms with Crippen molar-refractivity contribution in [3.05, 3.63) is 36.2 Å². The molecular formula is C23H30N6O6S2. The number of nitrogens with one attached hydrogen (secondary N) is 3. The Morgan fingerprint density at radius 3 is 2.43 bits per heavy atom. The summed E-state index contributed by atoms with van der Waals surface area (Å²) >= 11 is 5.13. The monoisotopic (exact) mass is 550 g/mol. The Bertz CT molecular complexity index is 1150. The summed E-state index contributed by atoms with van der Waals surface area (Å²) in [6.45, 7) is 2.37. The number of rotatable bonds is 12. The summed E-state index contributed by atoms with van der Waals surface area (Å²) in [5, 5.41) is 16.8. The van der Waals surface area contributed by atoms with Crippen LogP contribution in [0.5, 0.6) is 0 Å². The Labute approximate surface area is 223 Å². The number of amides is 4. The van der Waals surface area contributed by atoms with Gasteiger partial charge in [-0.2, -0.15) is 12.6 Å². The molecule has 0 aliphatic rings. The predicted octanol–water partition coefficient (Wildman–Crippen LogP) is -0.622. The lowest BCUT2D eigenvalue weighted by Gasteiger charge is -2.29. The average Bonchev–Trinajstić information content (AvgIpc) is 2.88. The number of nitrogens with zero attached hydrogens (tertiary/aromatic N) is 3. The summed E-state index contributed by atoms with van der Waals surface area (Å²) in [4.78, 5) is 71.1. The zero-order valence-electron chi connectivity index (χ0n) is 20.6. The van der Waals surface area contributed by atoms with E-state index in [1.807, 2.05) is 0 Å². The van der Waals surface area contributed by atoms with Crippen LogP contribution in [-0.4, -0.2) is 98.5 Å². The molecule has 2 aromatic rings. The Morgan fingerprint density at radius 2 is 1.81 bits per heavy atom. The van der Waals surface area contributed by atoms with Crippen molar-refractivity contribution in [3.63, 3.8) is 0 Å². The second-order valence-electron chi connectivity index (χ2n) is 7.98. The number of benzene rings is 1. The first-order valence-electron chi connectivity index (χ1n) is 11.3. The third-order valence-corrected chi connectivity index (χ3v) is 6.51. The molecular weight excluding hydrogens is 520 g/mol. The normalized spacial score (nSPS) is 13.2. The van der Waals surface area contributed by atoms with E-state index in [1.165, 1.54) is 32.0 Å². The van der Waals surface area contributed by atoms with Gasteiger partial charge in [0.1, 0.15) is 23.8 Å². The van der Waals surface area contributed by atoms with Crippen LogP contribution in [0.4, 0.5) is 0 Å². The van der Waals surface area contributed by atoms with Gasteiger partial charge in [-0.1, -0.05) is 23.9 Å². The second kappa shape index (κ2) is 14.5. The number of aliphatic hydroxyl groups is 1. The summed E-state index contributed by atoms with van der Waals surface area (Å²) in [5.41, 5.74) is 1.04. The van der Waals surface area contributed by atoms with Crippen molar-refractivity contribution in [1.29, 1.82) is 0 Å². The number of aliphatic hydroxyl groups excluding tert-OH is 1. The molecule has 0 saturated heterocycles. The highest BCUT2D eigenvalue weighted by atomic mass is 32.2. The van der Waals surface area contributed by atoms with Crippen molar-refractivity contribution in [2.24, 2.45) is 0 Å². The molecule has 0 aliphatic carbocycles. The van der Waals surface area contributed by atoms with Gasteiger partial charge in [-0.25, -0.2) is 4.98 Å². The van der Waals surface area contributed by atoms with Crippen molar-refractivity contribution < 1.29 is 29.1 Å². The van der Waals surface area contributed by atoms with Crippen LogP contribution in [0.15, 0.2) is 30.5 Å². The number of fused-ring (bicyclic) bond motifs is 1. The number of hydrogen-bond acceptors (Lipinski definition) is 10. The molecule has 0 saturated carbocycles. The zero-order chi connectivity index (χ0) is 27.5. The summed E-state index contributed by atoms with van der Waals surface area (Å²) in [5.74, 6) is -1.91. The molecule has 0 aliphatic heterocycles. The lowest BCUT2D eigenvalue weighted by Crippen LogP contribution is -2.56. The number of carbonyl (C=O) groups excluding carboxylic acids is 5. The smallest absolute Gasteiger partial charge is 0.272 e. The molecule has 14 heteroatoms. The molecule has 4 amide bonds.